The van der Waals surface area contributed by atoms with E-state index in [4.69, 9.17) is 5.11 Å². The zero-order valence-electron chi connectivity index (χ0n) is 10.3. The zero-order valence-corrected chi connectivity index (χ0v) is 10.3. The highest BCUT2D eigenvalue weighted by Crippen LogP contribution is 2.42. The molecule has 1 aromatic heterocycles. The molecule has 6 nitrogen and oxygen atoms in total. The van der Waals surface area contributed by atoms with Crippen LogP contribution >= 0.6 is 0 Å². The number of rotatable bonds is 3. The number of carboxylic acids is 1. The molecule has 1 aromatic carbocycles. The number of nitrogens with one attached hydrogen (secondary N) is 1. The van der Waals surface area contributed by atoms with Crippen molar-refractivity contribution < 1.29 is 28.2 Å². The maximum Gasteiger partial charge on any atom is 0.586 e. The summed E-state index contributed by atoms with van der Waals surface area (Å²) in [5, 5.41) is 11.6. The van der Waals surface area contributed by atoms with Gasteiger partial charge in [-0.1, -0.05) is 0 Å². The fourth-order valence-corrected chi connectivity index (χ4v) is 1.77. The van der Waals surface area contributed by atoms with Crippen LogP contribution in [0.1, 0.15) is 10.4 Å². The highest BCUT2D eigenvalue weighted by atomic mass is 19.3. The van der Waals surface area contributed by atoms with E-state index in [0.717, 1.165) is 0 Å². The Labute approximate surface area is 116 Å². The molecule has 0 atom stereocenters. The summed E-state index contributed by atoms with van der Waals surface area (Å²) >= 11 is 0. The van der Waals surface area contributed by atoms with Crippen LogP contribution in [0.15, 0.2) is 36.5 Å². The monoisotopic (exact) mass is 294 g/mol. The lowest BCUT2D eigenvalue weighted by Crippen LogP contribution is -2.25. The number of fused-ring (bicyclic) bond motifs is 1. The summed E-state index contributed by atoms with van der Waals surface area (Å²) in [5.41, 5.74) is 0.497. The van der Waals surface area contributed by atoms with Crippen LogP contribution in [0.5, 0.6) is 11.5 Å². The standard InChI is InChI=1S/C13H8F2N2O4/c14-13(15)20-9-3-2-8(5-10(9)21-13)17-11-4-1-7(6-16-11)12(18)19/h1-6H,(H,16,17)(H,18,19). The van der Waals surface area contributed by atoms with Gasteiger partial charge in [-0.3, -0.25) is 0 Å². The topological polar surface area (TPSA) is 80.7 Å². The van der Waals surface area contributed by atoms with Gasteiger partial charge < -0.3 is 19.9 Å². The van der Waals surface area contributed by atoms with Crippen LogP contribution in [0.2, 0.25) is 0 Å². The Morgan fingerprint density at radius 2 is 1.95 bits per heavy atom. The van der Waals surface area contributed by atoms with E-state index in [1.54, 1.807) is 0 Å². The smallest absolute Gasteiger partial charge is 0.478 e. The van der Waals surface area contributed by atoms with Crippen molar-refractivity contribution in [3.8, 4) is 11.5 Å². The predicted octanol–water partition coefficient (Wildman–Crippen LogP) is 2.84. The number of carbonyl (C=O) groups is 1. The minimum Gasteiger partial charge on any atom is -0.478 e. The highest BCUT2D eigenvalue weighted by Gasteiger charge is 2.43. The first-order chi connectivity index (χ1) is 9.93. The number of nitrogens with zero attached hydrogens (tertiary/aromatic N) is 1. The van der Waals surface area contributed by atoms with E-state index in [1.165, 1.54) is 36.5 Å². The van der Waals surface area contributed by atoms with Crippen molar-refractivity contribution in [2.75, 3.05) is 5.32 Å². The largest absolute Gasteiger partial charge is 0.586 e. The van der Waals surface area contributed by atoms with Gasteiger partial charge in [0.15, 0.2) is 11.5 Å². The lowest BCUT2D eigenvalue weighted by atomic mass is 10.2. The molecule has 108 valence electrons. The molecule has 0 saturated heterocycles. The molecule has 0 fully saturated rings. The van der Waals surface area contributed by atoms with Crippen molar-refractivity contribution in [2.45, 2.75) is 6.29 Å². The number of aromatic carboxylic acids is 1. The first-order valence-electron chi connectivity index (χ1n) is 5.79. The molecule has 0 spiro atoms. The minimum absolute atomic E-state index is 0.0471. The number of alkyl halides is 2. The SMILES string of the molecule is O=C(O)c1ccc(Nc2ccc3c(c2)OC(F)(F)O3)nc1. The number of ether oxygens (including phenoxy) is 2. The Hall–Kier alpha value is -2.90. The summed E-state index contributed by atoms with van der Waals surface area (Å²) in [6.45, 7) is 0. The Bertz CT molecular complexity index is 704. The molecule has 0 radical (unpaired) electrons. The van der Waals surface area contributed by atoms with E-state index in [2.05, 4.69) is 19.8 Å². The van der Waals surface area contributed by atoms with Gasteiger partial charge in [0.1, 0.15) is 5.82 Å². The number of hydrogen-bond donors (Lipinski definition) is 2. The molecule has 2 N–H and O–H groups in total. The molecular weight excluding hydrogens is 286 g/mol. The minimum atomic E-state index is -3.66. The Kier molecular flexibility index (Phi) is 2.86. The Morgan fingerprint density at radius 3 is 2.62 bits per heavy atom. The number of hydrogen-bond acceptors (Lipinski definition) is 5. The summed E-state index contributed by atoms with van der Waals surface area (Å²) in [6.07, 6.45) is -2.48. The number of anilines is 2. The number of halogens is 2. The second kappa shape index (κ2) is 4.58. The normalized spacial score (nSPS) is 14.8. The molecule has 3 rings (SSSR count). The average Bonchev–Trinajstić information content (AvgIpc) is 2.72. The third kappa shape index (κ3) is 2.69. The maximum atomic E-state index is 12.9. The van der Waals surface area contributed by atoms with Gasteiger partial charge in [0.05, 0.1) is 5.56 Å². The van der Waals surface area contributed by atoms with Gasteiger partial charge in [0.25, 0.3) is 0 Å². The molecule has 0 bridgehead atoms. The van der Waals surface area contributed by atoms with Crippen molar-refractivity contribution >= 4 is 17.5 Å². The first-order valence-corrected chi connectivity index (χ1v) is 5.79. The number of carboxylic acid groups (broad SMARTS) is 1. The second-order valence-corrected chi connectivity index (χ2v) is 4.19. The average molecular weight is 294 g/mol. The van der Waals surface area contributed by atoms with Crippen molar-refractivity contribution in [3.63, 3.8) is 0 Å². The number of pyridine rings is 1. The quantitative estimate of drug-likeness (QED) is 0.906. The van der Waals surface area contributed by atoms with Gasteiger partial charge >= 0.3 is 12.3 Å². The fourth-order valence-electron chi connectivity index (χ4n) is 1.77. The van der Waals surface area contributed by atoms with Crippen LogP contribution in [0, 0.1) is 0 Å². The third-order valence-corrected chi connectivity index (χ3v) is 2.68. The van der Waals surface area contributed by atoms with Gasteiger partial charge in [0.2, 0.25) is 0 Å². The molecule has 2 aromatic rings. The van der Waals surface area contributed by atoms with E-state index in [1.807, 2.05) is 0 Å². The van der Waals surface area contributed by atoms with Crippen LogP contribution < -0.4 is 14.8 Å². The van der Waals surface area contributed by atoms with Crippen LogP contribution in [0.4, 0.5) is 20.3 Å². The maximum absolute atomic E-state index is 12.9. The number of aromatic nitrogens is 1. The van der Waals surface area contributed by atoms with Gasteiger partial charge in [-0.2, -0.15) is 0 Å². The summed E-state index contributed by atoms with van der Waals surface area (Å²) in [5.74, 6) is -0.864. The lowest BCUT2D eigenvalue weighted by molar-refractivity contribution is -0.286. The van der Waals surface area contributed by atoms with Crippen LogP contribution in [-0.4, -0.2) is 22.4 Å². The molecule has 0 aliphatic carbocycles. The van der Waals surface area contributed by atoms with E-state index >= 15 is 0 Å². The molecule has 0 unspecified atom stereocenters. The summed E-state index contributed by atoms with van der Waals surface area (Å²) < 4.78 is 34.4. The van der Waals surface area contributed by atoms with Crippen LogP contribution in [0.3, 0.4) is 0 Å². The van der Waals surface area contributed by atoms with Gasteiger partial charge in [-0.05, 0) is 24.3 Å². The summed E-state index contributed by atoms with van der Waals surface area (Å²) in [4.78, 5) is 14.6. The van der Waals surface area contributed by atoms with Gasteiger partial charge in [-0.15, -0.1) is 8.78 Å². The highest BCUT2D eigenvalue weighted by molar-refractivity contribution is 5.87. The molecule has 1 aliphatic rings. The lowest BCUT2D eigenvalue weighted by Gasteiger charge is -2.06. The molecular formula is C13H8F2N2O4. The predicted molar refractivity (Wildman–Crippen MR) is 67.1 cm³/mol. The van der Waals surface area contributed by atoms with Crippen LogP contribution in [0.25, 0.3) is 0 Å². The summed E-state index contributed by atoms with van der Waals surface area (Å²) in [7, 11) is 0. The molecule has 0 amide bonds. The number of benzene rings is 1. The van der Waals surface area contributed by atoms with Gasteiger partial charge in [-0.25, -0.2) is 9.78 Å². The van der Waals surface area contributed by atoms with Crippen molar-refractivity contribution in [3.05, 3.63) is 42.1 Å². The van der Waals surface area contributed by atoms with E-state index in [0.29, 0.717) is 11.5 Å². The van der Waals surface area contributed by atoms with Crippen molar-refractivity contribution in [1.29, 1.82) is 0 Å². The van der Waals surface area contributed by atoms with Gasteiger partial charge in [0, 0.05) is 18.0 Å². The molecule has 21 heavy (non-hydrogen) atoms. The molecule has 2 heterocycles. The molecule has 0 saturated carbocycles. The summed E-state index contributed by atoms with van der Waals surface area (Å²) in [6, 6.07) is 7.02. The Morgan fingerprint density at radius 1 is 1.19 bits per heavy atom. The first kappa shape index (κ1) is 13.1. The molecule has 8 heteroatoms. The fraction of sp³-hybridized carbons (Fsp3) is 0.0769. The van der Waals surface area contributed by atoms with E-state index < -0.39 is 12.3 Å². The molecule has 1 aliphatic heterocycles. The van der Waals surface area contributed by atoms with Crippen molar-refractivity contribution in [1.82, 2.24) is 4.98 Å². The Balaban J connectivity index is 1.79. The van der Waals surface area contributed by atoms with E-state index in [9.17, 15) is 13.6 Å². The van der Waals surface area contributed by atoms with E-state index in [-0.39, 0.29) is 17.1 Å². The second-order valence-electron chi connectivity index (χ2n) is 4.19. The zero-order chi connectivity index (χ0) is 15.0. The van der Waals surface area contributed by atoms with Crippen molar-refractivity contribution in [2.24, 2.45) is 0 Å². The third-order valence-electron chi connectivity index (χ3n) is 2.68. The van der Waals surface area contributed by atoms with Crippen LogP contribution in [-0.2, 0) is 0 Å².